The van der Waals surface area contributed by atoms with Crippen LogP contribution in [-0.2, 0) is 16.0 Å². The summed E-state index contributed by atoms with van der Waals surface area (Å²) in [5, 5.41) is 13.3. The van der Waals surface area contributed by atoms with Crippen molar-refractivity contribution in [2.24, 2.45) is 0 Å². The molecule has 5 heteroatoms. The van der Waals surface area contributed by atoms with E-state index in [1.807, 2.05) is 17.5 Å². The molecule has 0 aliphatic heterocycles. The Morgan fingerprint density at radius 1 is 1.53 bits per heavy atom. The molecule has 1 amide bonds. The van der Waals surface area contributed by atoms with Crippen molar-refractivity contribution in [3.63, 3.8) is 0 Å². The minimum absolute atomic E-state index is 0.184. The molecule has 1 heterocycles. The van der Waals surface area contributed by atoms with Gasteiger partial charge < -0.3 is 10.4 Å². The zero-order valence-corrected chi connectivity index (χ0v) is 10.6. The second-order valence-electron chi connectivity index (χ2n) is 3.80. The zero-order chi connectivity index (χ0) is 12.7. The third-order valence-corrected chi connectivity index (χ3v) is 3.38. The Kier molecular flexibility index (Phi) is 5.69. The molecule has 0 saturated heterocycles. The van der Waals surface area contributed by atoms with Crippen LogP contribution in [0.1, 0.15) is 31.1 Å². The van der Waals surface area contributed by atoms with Gasteiger partial charge in [-0.1, -0.05) is 13.0 Å². The molecule has 1 atom stereocenters. The Balaban J connectivity index is 2.23. The second kappa shape index (κ2) is 7.06. The second-order valence-corrected chi connectivity index (χ2v) is 4.83. The van der Waals surface area contributed by atoms with Crippen molar-refractivity contribution in [1.29, 1.82) is 0 Å². The predicted molar refractivity (Wildman–Crippen MR) is 67.1 cm³/mol. The van der Waals surface area contributed by atoms with E-state index in [-0.39, 0.29) is 5.91 Å². The highest BCUT2D eigenvalue weighted by atomic mass is 32.1. The average molecular weight is 255 g/mol. The van der Waals surface area contributed by atoms with Gasteiger partial charge in [0.2, 0.25) is 5.91 Å². The van der Waals surface area contributed by atoms with E-state index in [2.05, 4.69) is 5.32 Å². The summed E-state index contributed by atoms with van der Waals surface area (Å²) in [4.78, 5) is 23.4. The first kappa shape index (κ1) is 13.7. The molecule has 0 saturated carbocycles. The lowest BCUT2D eigenvalue weighted by atomic mass is 10.2. The Bertz CT molecular complexity index is 362. The third kappa shape index (κ3) is 4.99. The lowest BCUT2D eigenvalue weighted by molar-refractivity contribution is -0.141. The van der Waals surface area contributed by atoms with Gasteiger partial charge in [-0.15, -0.1) is 11.3 Å². The average Bonchev–Trinajstić information content (AvgIpc) is 2.78. The Morgan fingerprint density at radius 3 is 2.82 bits per heavy atom. The fourth-order valence-corrected chi connectivity index (χ4v) is 2.23. The summed E-state index contributed by atoms with van der Waals surface area (Å²) in [6, 6.07) is 3.26. The number of aliphatic carboxylic acids is 1. The van der Waals surface area contributed by atoms with Crippen LogP contribution in [0.25, 0.3) is 0 Å². The molecule has 2 N–H and O–H groups in total. The minimum atomic E-state index is -0.973. The maximum atomic E-state index is 11.5. The summed E-state index contributed by atoms with van der Waals surface area (Å²) in [7, 11) is 0. The number of carbonyl (C=O) groups is 2. The van der Waals surface area contributed by atoms with Gasteiger partial charge in [0, 0.05) is 11.3 Å². The molecule has 1 aromatic heterocycles. The molecule has 0 spiro atoms. The number of carboxylic acid groups (broad SMARTS) is 1. The normalized spacial score (nSPS) is 12.1. The van der Waals surface area contributed by atoms with Gasteiger partial charge in [-0.25, -0.2) is 4.79 Å². The van der Waals surface area contributed by atoms with Crippen LogP contribution in [0.5, 0.6) is 0 Å². The monoisotopic (exact) mass is 255 g/mol. The lowest BCUT2D eigenvalue weighted by Crippen LogP contribution is -2.40. The van der Waals surface area contributed by atoms with Gasteiger partial charge in [-0.05, 0) is 30.7 Å². The van der Waals surface area contributed by atoms with Gasteiger partial charge in [-0.3, -0.25) is 4.79 Å². The number of hydrogen-bond acceptors (Lipinski definition) is 3. The first-order valence-electron chi connectivity index (χ1n) is 5.68. The summed E-state index contributed by atoms with van der Waals surface area (Å²) in [5.41, 5.74) is 0. The summed E-state index contributed by atoms with van der Waals surface area (Å²) < 4.78 is 0. The number of hydrogen-bond donors (Lipinski definition) is 2. The first-order valence-corrected chi connectivity index (χ1v) is 6.56. The van der Waals surface area contributed by atoms with Crippen molar-refractivity contribution in [2.45, 2.75) is 38.6 Å². The molecule has 0 aromatic carbocycles. The van der Waals surface area contributed by atoms with Gasteiger partial charge in [0.25, 0.3) is 0 Å². The highest BCUT2D eigenvalue weighted by Crippen LogP contribution is 2.11. The standard InChI is InChI=1S/C12H17NO3S/c1-2-10(12(15)16)13-11(14)7-3-5-9-6-4-8-17-9/h4,6,8,10H,2-3,5,7H2,1H3,(H,13,14)(H,15,16). The smallest absolute Gasteiger partial charge is 0.326 e. The minimum Gasteiger partial charge on any atom is -0.480 e. The molecule has 0 aliphatic rings. The fraction of sp³-hybridized carbons (Fsp3) is 0.500. The lowest BCUT2D eigenvalue weighted by Gasteiger charge is -2.11. The SMILES string of the molecule is CCC(NC(=O)CCCc1cccs1)C(=O)O. The van der Waals surface area contributed by atoms with Crippen molar-refractivity contribution in [1.82, 2.24) is 5.32 Å². The molecular formula is C12H17NO3S. The quantitative estimate of drug-likeness (QED) is 0.783. The van der Waals surface area contributed by atoms with E-state index in [1.54, 1.807) is 18.3 Å². The van der Waals surface area contributed by atoms with Crippen molar-refractivity contribution in [3.05, 3.63) is 22.4 Å². The van der Waals surface area contributed by atoms with E-state index in [0.717, 1.165) is 12.8 Å². The number of amides is 1. The van der Waals surface area contributed by atoms with E-state index < -0.39 is 12.0 Å². The van der Waals surface area contributed by atoms with Gasteiger partial charge in [0.05, 0.1) is 0 Å². The summed E-state index contributed by atoms with van der Waals surface area (Å²) in [6.07, 6.45) is 2.41. The van der Waals surface area contributed by atoms with E-state index in [0.29, 0.717) is 12.8 Å². The number of carbonyl (C=O) groups excluding carboxylic acids is 1. The fourth-order valence-electron chi connectivity index (χ4n) is 1.48. The van der Waals surface area contributed by atoms with Crippen LogP contribution in [0.4, 0.5) is 0 Å². The molecule has 17 heavy (non-hydrogen) atoms. The van der Waals surface area contributed by atoms with Gasteiger partial charge in [0.1, 0.15) is 6.04 Å². The maximum absolute atomic E-state index is 11.5. The van der Waals surface area contributed by atoms with E-state index in [1.165, 1.54) is 4.88 Å². The topological polar surface area (TPSA) is 66.4 Å². The Labute approximate surface area is 105 Å². The summed E-state index contributed by atoms with van der Waals surface area (Å²) in [5.74, 6) is -1.16. The molecule has 0 radical (unpaired) electrons. The number of aryl methyl sites for hydroxylation is 1. The molecular weight excluding hydrogens is 238 g/mol. The van der Waals surface area contributed by atoms with E-state index in [9.17, 15) is 9.59 Å². The highest BCUT2D eigenvalue weighted by molar-refractivity contribution is 7.09. The number of nitrogens with one attached hydrogen (secondary N) is 1. The van der Waals surface area contributed by atoms with Gasteiger partial charge in [-0.2, -0.15) is 0 Å². The molecule has 1 unspecified atom stereocenters. The van der Waals surface area contributed by atoms with Crippen LogP contribution in [0.15, 0.2) is 17.5 Å². The molecule has 0 fully saturated rings. The van der Waals surface area contributed by atoms with E-state index >= 15 is 0 Å². The summed E-state index contributed by atoms with van der Waals surface area (Å²) in [6.45, 7) is 1.74. The number of carboxylic acids is 1. The molecule has 4 nitrogen and oxygen atoms in total. The van der Waals surface area contributed by atoms with Crippen LogP contribution in [0, 0.1) is 0 Å². The van der Waals surface area contributed by atoms with Gasteiger partial charge in [0.15, 0.2) is 0 Å². The van der Waals surface area contributed by atoms with E-state index in [4.69, 9.17) is 5.11 Å². The number of rotatable bonds is 7. The largest absolute Gasteiger partial charge is 0.480 e. The molecule has 1 aromatic rings. The van der Waals surface area contributed by atoms with Gasteiger partial charge >= 0.3 is 5.97 Å². The van der Waals surface area contributed by atoms with Crippen LogP contribution in [0.3, 0.4) is 0 Å². The van der Waals surface area contributed by atoms with Crippen molar-refractivity contribution < 1.29 is 14.7 Å². The van der Waals surface area contributed by atoms with Crippen LogP contribution >= 0.6 is 11.3 Å². The predicted octanol–water partition coefficient (Wildman–Crippen LogP) is 2.05. The highest BCUT2D eigenvalue weighted by Gasteiger charge is 2.16. The molecule has 0 aliphatic carbocycles. The summed E-state index contributed by atoms with van der Waals surface area (Å²) >= 11 is 1.67. The molecule has 0 bridgehead atoms. The number of thiophene rings is 1. The third-order valence-electron chi connectivity index (χ3n) is 2.45. The maximum Gasteiger partial charge on any atom is 0.326 e. The zero-order valence-electron chi connectivity index (χ0n) is 9.81. The Morgan fingerprint density at radius 2 is 2.29 bits per heavy atom. The van der Waals surface area contributed by atoms with Crippen molar-refractivity contribution in [3.8, 4) is 0 Å². The van der Waals surface area contributed by atoms with Crippen molar-refractivity contribution >= 4 is 23.2 Å². The van der Waals surface area contributed by atoms with Crippen LogP contribution in [-0.4, -0.2) is 23.0 Å². The molecule has 94 valence electrons. The van der Waals surface area contributed by atoms with Crippen LogP contribution in [0.2, 0.25) is 0 Å². The van der Waals surface area contributed by atoms with Crippen LogP contribution < -0.4 is 5.32 Å². The van der Waals surface area contributed by atoms with Crippen molar-refractivity contribution in [2.75, 3.05) is 0 Å². The first-order chi connectivity index (χ1) is 8.13. The molecule has 1 rings (SSSR count). The Hall–Kier alpha value is -1.36.